The molecule has 2 aliphatic rings. The van der Waals surface area contributed by atoms with Crippen molar-refractivity contribution in [3.8, 4) is 0 Å². The number of nitro benzene ring substituents is 1. The number of hydrogen-bond acceptors (Lipinski definition) is 6. The lowest BCUT2D eigenvalue weighted by atomic mass is 10.0. The molecule has 28 heavy (non-hydrogen) atoms. The van der Waals surface area contributed by atoms with Crippen molar-refractivity contribution in [3.63, 3.8) is 0 Å². The number of amides is 1. The molecule has 2 heterocycles. The van der Waals surface area contributed by atoms with E-state index in [1.807, 2.05) is 30.3 Å². The number of ether oxygens (including phenoxy) is 1. The third-order valence-corrected chi connectivity index (χ3v) is 6.75. The number of nitrogens with zero attached hydrogens (tertiary/aromatic N) is 2. The minimum Gasteiger partial charge on any atom is -0.459 e. The summed E-state index contributed by atoms with van der Waals surface area (Å²) in [6.07, 6.45) is 1.08. The second kappa shape index (κ2) is 7.27. The van der Waals surface area contributed by atoms with Gasteiger partial charge >= 0.3 is 5.97 Å². The molecule has 2 saturated heterocycles. The van der Waals surface area contributed by atoms with Gasteiger partial charge in [-0.1, -0.05) is 30.3 Å². The summed E-state index contributed by atoms with van der Waals surface area (Å²) in [6.45, 7) is 0.0123. The molecule has 0 radical (unpaired) electrons. The lowest BCUT2D eigenvalue weighted by Gasteiger charge is -2.33. The standard InChI is InChI=1S/C20H18N2O5S/c23-18-10-11-20(15-4-2-1-3-5-15)21(18)17(13-28-20)19(24)27-12-14-6-8-16(9-7-14)22(25)26/h1-9,17H,10-13H2/t17-,20+/m0/s1. The summed E-state index contributed by atoms with van der Waals surface area (Å²) in [6, 6.07) is 15.0. The number of esters is 1. The van der Waals surface area contributed by atoms with Gasteiger partial charge in [-0.25, -0.2) is 4.79 Å². The monoisotopic (exact) mass is 398 g/mol. The molecule has 0 unspecified atom stereocenters. The summed E-state index contributed by atoms with van der Waals surface area (Å²) in [5.41, 5.74) is 1.67. The lowest BCUT2D eigenvalue weighted by Crippen LogP contribution is -2.46. The van der Waals surface area contributed by atoms with Crippen LogP contribution in [0.5, 0.6) is 0 Å². The van der Waals surface area contributed by atoms with Gasteiger partial charge in [0.1, 0.15) is 17.5 Å². The zero-order valence-electron chi connectivity index (χ0n) is 14.9. The van der Waals surface area contributed by atoms with Crippen LogP contribution in [0.3, 0.4) is 0 Å². The molecule has 7 nitrogen and oxygen atoms in total. The summed E-state index contributed by atoms with van der Waals surface area (Å²) in [7, 11) is 0. The van der Waals surface area contributed by atoms with Gasteiger partial charge in [0.05, 0.1) is 4.92 Å². The molecular formula is C20H18N2O5S. The van der Waals surface area contributed by atoms with E-state index in [-0.39, 0.29) is 18.2 Å². The number of rotatable bonds is 5. The van der Waals surface area contributed by atoms with E-state index in [2.05, 4.69) is 0 Å². The molecule has 8 heteroatoms. The Kier molecular flexibility index (Phi) is 4.80. The first kappa shape index (κ1) is 18.5. The second-order valence-corrected chi connectivity index (χ2v) is 8.07. The smallest absolute Gasteiger partial charge is 0.330 e. The fourth-order valence-electron chi connectivity index (χ4n) is 3.78. The van der Waals surface area contributed by atoms with Crippen LogP contribution in [0.25, 0.3) is 0 Å². The highest BCUT2D eigenvalue weighted by molar-refractivity contribution is 8.00. The van der Waals surface area contributed by atoms with E-state index in [1.54, 1.807) is 28.8 Å². The van der Waals surface area contributed by atoms with Crippen LogP contribution in [0.15, 0.2) is 54.6 Å². The first-order valence-corrected chi connectivity index (χ1v) is 9.91. The Bertz CT molecular complexity index is 918. The van der Waals surface area contributed by atoms with Gasteiger partial charge in [0.15, 0.2) is 0 Å². The Morgan fingerprint density at radius 3 is 2.61 bits per heavy atom. The first-order chi connectivity index (χ1) is 13.5. The van der Waals surface area contributed by atoms with Crippen LogP contribution in [0, 0.1) is 10.1 Å². The molecule has 0 aromatic heterocycles. The van der Waals surface area contributed by atoms with Crippen LogP contribution in [-0.4, -0.2) is 33.5 Å². The molecule has 0 N–H and O–H groups in total. The number of nitro groups is 1. The predicted molar refractivity (Wildman–Crippen MR) is 103 cm³/mol. The first-order valence-electron chi connectivity index (χ1n) is 8.93. The van der Waals surface area contributed by atoms with Gasteiger partial charge in [0.2, 0.25) is 5.91 Å². The molecular weight excluding hydrogens is 380 g/mol. The predicted octanol–water partition coefficient (Wildman–Crippen LogP) is 3.23. The summed E-state index contributed by atoms with van der Waals surface area (Å²) < 4.78 is 5.43. The fourth-order valence-corrected chi connectivity index (χ4v) is 5.42. The van der Waals surface area contributed by atoms with Crippen LogP contribution >= 0.6 is 11.8 Å². The topological polar surface area (TPSA) is 89.7 Å². The summed E-state index contributed by atoms with van der Waals surface area (Å²) in [5.74, 6) is 0.00441. The zero-order chi connectivity index (χ0) is 19.7. The highest BCUT2D eigenvalue weighted by Gasteiger charge is 2.57. The molecule has 2 aromatic rings. The Morgan fingerprint density at radius 2 is 1.93 bits per heavy atom. The van der Waals surface area contributed by atoms with Gasteiger partial charge in [0.25, 0.3) is 5.69 Å². The van der Waals surface area contributed by atoms with Crippen molar-refractivity contribution in [3.05, 3.63) is 75.8 Å². The minimum absolute atomic E-state index is 0.0123. The number of thioether (sulfide) groups is 1. The molecule has 0 saturated carbocycles. The molecule has 2 atom stereocenters. The van der Waals surface area contributed by atoms with E-state index in [9.17, 15) is 19.7 Å². The summed E-state index contributed by atoms with van der Waals surface area (Å²) >= 11 is 1.61. The largest absolute Gasteiger partial charge is 0.459 e. The molecule has 144 valence electrons. The number of carbonyl (C=O) groups is 2. The highest BCUT2D eigenvalue weighted by Crippen LogP contribution is 2.54. The van der Waals surface area contributed by atoms with Crippen LogP contribution in [0.1, 0.15) is 24.0 Å². The Balaban J connectivity index is 1.48. The normalized spacial score (nSPS) is 23.5. The van der Waals surface area contributed by atoms with Crippen molar-refractivity contribution in [2.45, 2.75) is 30.4 Å². The van der Waals surface area contributed by atoms with E-state index in [0.717, 1.165) is 5.56 Å². The van der Waals surface area contributed by atoms with Crippen molar-refractivity contribution in [1.29, 1.82) is 0 Å². The zero-order valence-corrected chi connectivity index (χ0v) is 15.8. The fraction of sp³-hybridized carbons (Fsp3) is 0.300. The maximum Gasteiger partial charge on any atom is 0.330 e. The highest BCUT2D eigenvalue weighted by atomic mass is 32.2. The molecule has 2 aromatic carbocycles. The maximum atomic E-state index is 12.7. The van der Waals surface area contributed by atoms with Crippen LogP contribution in [0.4, 0.5) is 5.69 Å². The van der Waals surface area contributed by atoms with E-state index in [4.69, 9.17) is 4.74 Å². The Morgan fingerprint density at radius 1 is 1.21 bits per heavy atom. The summed E-state index contributed by atoms with van der Waals surface area (Å²) in [5, 5.41) is 10.7. The van der Waals surface area contributed by atoms with Gasteiger partial charge in [-0.2, -0.15) is 0 Å². The summed E-state index contributed by atoms with van der Waals surface area (Å²) in [4.78, 5) is 36.7. The van der Waals surface area contributed by atoms with Crippen LogP contribution in [-0.2, 0) is 25.8 Å². The van der Waals surface area contributed by atoms with Gasteiger partial charge < -0.3 is 9.64 Å². The molecule has 0 spiro atoms. The molecule has 1 amide bonds. The number of fused-ring (bicyclic) bond motifs is 1. The van der Waals surface area contributed by atoms with Gasteiger partial charge in [0, 0.05) is 24.3 Å². The number of benzene rings is 2. The Hall–Kier alpha value is -2.87. The van der Waals surface area contributed by atoms with Crippen molar-refractivity contribution in [2.75, 3.05) is 5.75 Å². The van der Waals surface area contributed by atoms with E-state index in [1.165, 1.54) is 12.1 Å². The van der Waals surface area contributed by atoms with E-state index in [0.29, 0.717) is 24.2 Å². The van der Waals surface area contributed by atoms with E-state index < -0.39 is 21.8 Å². The van der Waals surface area contributed by atoms with Gasteiger partial charge in [-0.15, -0.1) is 11.8 Å². The SMILES string of the molecule is O=C(OCc1ccc([N+](=O)[O-])cc1)[C@@H]1CS[C@@]2(c3ccccc3)CCC(=O)N12. The van der Waals surface area contributed by atoms with Crippen molar-refractivity contribution in [1.82, 2.24) is 4.90 Å². The Labute approximate surface area is 165 Å². The van der Waals surface area contributed by atoms with Gasteiger partial charge in [-0.3, -0.25) is 14.9 Å². The molecule has 4 rings (SSSR count). The number of carbonyl (C=O) groups excluding carboxylic acids is 2. The average Bonchev–Trinajstić information content (AvgIpc) is 3.26. The molecule has 0 bridgehead atoms. The molecule has 2 fully saturated rings. The van der Waals surface area contributed by atoms with E-state index >= 15 is 0 Å². The number of hydrogen-bond donors (Lipinski definition) is 0. The third-order valence-electron chi connectivity index (χ3n) is 5.15. The van der Waals surface area contributed by atoms with Crippen LogP contribution < -0.4 is 0 Å². The second-order valence-electron chi connectivity index (χ2n) is 6.77. The maximum absolute atomic E-state index is 12.7. The van der Waals surface area contributed by atoms with Crippen molar-refractivity contribution >= 4 is 29.3 Å². The van der Waals surface area contributed by atoms with Crippen molar-refractivity contribution in [2.24, 2.45) is 0 Å². The third kappa shape index (κ3) is 3.13. The van der Waals surface area contributed by atoms with Crippen molar-refractivity contribution < 1.29 is 19.2 Å². The lowest BCUT2D eigenvalue weighted by molar-refractivity contribution is -0.384. The molecule has 0 aliphatic carbocycles. The minimum atomic E-state index is -0.627. The van der Waals surface area contributed by atoms with Gasteiger partial charge in [-0.05, 0) is 29.7 Å². The molecule has 2 aliphatic heterocycles. The number of non-ortho nitro benzene ring substituents is 1. The average molecular weight is 398 g/mol. The van der Waals surface area contributed by atoms with Crippen LogP contribution in [0.2, 0.25) is 0 Å². The quantitative estimate of drug-likeness (QED) is 0.436.